The number of carboxylic acids is 1. The van der Waals surface area contributed by atoms with Crippen LogP contribution in [0.15, 0.2) is 15.2 Å². The lowest BCUT2D eigenvalue weighted by Gasteiger charge is -2.26. The first-order valence-electron chi connectivity index (χ1n) is 4.08. The van der Waals surface area contributed by atoms with Gasteiger partial charge < -0.3 is 10.8 Å². The number of nitrogens with two attached hydrogens (primary N) is 1. The van der Waals surface area contributed by atoms with E-state index in [2.05, 4.69) is 15.9 Å². The van der Waals surface area contributed by atoms with Crippen LogP contribution >= 0.6 is 27.3 Å². The van der Waals surface area contributed by atoms with Crippen LogP contribution in [0.1, 0.15) is 25.5 Å². The van der Waals surface area contributed by atoms with Gasteiger partial charge in [-0.1, -0.05) is 0 Å². The Balaban J connectivity index is 3.02. The quantitative estimate of drug-likeness (QED) is 0.893. The summed E-state index contributed by atoms with van der Waals surface area (Å²) in [5.41, 5.74) is 5.81. The molecule has 1 aromatic heterocycles. The van der Waals surface area contributed by atoms with Gasteiger partial charge in [-0.05, 0) is 40.7 Å². The summed E-state index contributed by atoms with van der Waals surface area (Å²) in [5, 5.41) is 12.8. The topological polar surface area (TPSA) is 63.3 Å². The zero-order chi connectivity index (χ0) is 10.9. The second kappa shape index (κ2) is 4.00. The van der Waals surface area contributed by atoms with Gasteiger partial charge >= 0.3 is 5.97 Å². The normalized spacial score (nSPS) is 14.0. The molecule has 0 fully saturated rings. The fourth-order valence-corrected chi connectivity index (χ4v) is 2.62. The summed E-state index contributed by atoms with van der Waals surface area (Å²) in [4.78, 5) is 11.0. The van der Waals surface area contributed by atoms with Crippen LogP contribution < -0.4 is 5.73 Å². The number of rotatable bonds is 3. The van der Waals surface area contributed by atoms with Crippen molar-refractivity contribution in [2.24, 2.45) is 11.1 Å². The molecule has 0 bridgehead atoms. The van der Waals surface area contributed by atoms with Gasteiger partial charge in [-0.15, -0.1) is 0 Å². The highest BCUT2D eigenvalue weighted by atomic mass is 79.9. The van der Waals surface area contributed by atoms with Gasteiger partial charge in [0, 0.05) is 15.9 Å². The maximum atomic E-state index is 11.0. The van der Waals surface area contributed by atoms with Gasteiger partial charge in [0.05, 0.1) is 5.41 Å². The van der Waals surface area contributed by atoms with Crippen molar-refractivity contribution in [3.63, 3.8) is 0 Å². The molecule has 1 aromatic rings. The summed E-state index contributed by atoms with van der Waals surface area (Å²) >= 11 is 4.85. The molecule has 78 valence electrons. The highest BCUT2D eigenvalue weighted by molar-refractivity contribution is 9.10. The SMILES string of the molecule is CC(C)(C(=O)O)[C@@H](N)c1cscc1Br. The standard InChI is InChI=1S/C9H12BrNO2S/c1-9(2,8(12)13)7(11)5-3-14-4-6(5)10/h3-4,7H,11H2,1-2H3,(H,12,13)/t7-/m0/s1. The molecule has 3 nitrogen and oxygen atoms in total. The fourth-order valence-electron chi connectivity index (χ4n) is 1.04. The van der Waals surface area contributed by atoms with E-state index in [9.17, 15) is 4.79 Å². The molecule has 5 heteroatoms. The summed E-state index contributed by atoms with van der Waals surface area (Å²) in [6, 6.07) is -0.499. The molecule has 0 radical (unpaired) electrons. The van der Waals surface area contributed by atoms with Gasteiger partial charge in [-0.25, -0.2) is 0 Å². The van der Waals surface area contributed by atoms with Crippen molar-refractivity contribution >= 4 is 33.2 Å². The van der Waals surface area contributed by atoms with E-state index in [4.69, 9.17) is 10.8 Å². The summed E-state index contributed by atoms with van der Waals surface area (Å²) in [6.45, 7) is 3.26. The first-order valence-corrected chi connectivity index (χ1v) is 5.81. The smallest absolute Gasteiger partial charge is 0.311 e. The number of hydrogen-bond donors (Lipinski definition) is 2. The van der Waals surface area contributed by atoms with E-state index in [0.29, 0.717) is 0 Å². The molecular weight excluding hydrogens is 266 g/mol. The van der Waals surface area contributed by atoms with Gasteiger partial charge in [0.15, 0.2) is 0 Å². The van der Waals surface area contributed by atoms with Gasteiger partial charge in [-0.3, -0.25) is 4.79 Å². The van der Waals surface area contributed by atoms with E-state index >= 15 is 0 Å². The summed E-state index contributed by atoms with van der Waals surface area (Å²) < 4.78 is 0.879. The third kappa shape index (κ3) is 1.99. The number of aliphatic carboxylic acids is 1. The fraction of sp³-hybridized carbons (Fsp3) is 0.444. The van der Waals surface area contributed by atoms with Gasteiger partial charge in [0.25, 0.3) is 0 Å². The number of halogens is 1. The summed E-state index contributed by atoms with van der Waals surface area (Å²) in [7, 11) is 0. The molecule has 0 aliphatic rings. The van der Waals surface area contributed by atoms with E-state index in [-0.39, 0.29) is 0 Å². The molecule has 1 heterocycles. The van der Waals surface area contributed by atoms with E-state index in [1.165, 1.54) is 11.3 Å². The Labute approximate surface area is 95.1 Å². The van der Waals surface area contributed by atoms with E-state index in [1.807, 2.05) is 10.8 Å². The van der Waals surface area contributed by atoms with Crippen LogP contribution in [0.3, 0.4) is 0 Å². The Bertz CT molecular complexity index is 348. The molecule has 0 aliphatic carbocycles. The molecule has 1 atom stereocenters. The molecule has 0 amide bonds. The predicted molar refractivity (Wildman–Crippen MR) is 60.4 cm³/mol. The Kier molecular flexibility index (Phi) is 3.34. The summed E-state index contributed by atoms with van der Waals surface area (Å²) in [6.07, 6.45) is 0. The van der Waals surface area contributed by atoms with Crippen molar-refractivity contribution in [3.8, 4) is 0 Å². The number of hydrogen-bond acceptors (Lipinski definition) is 3. The van der Waals surface area contributed by atoms with Crippen molar-refractivity contribution in [2.45, 2.75) is 19.9 Å². The lowest BCUT2D eigenvalue weighted by Crippen LogP contribution is -2.36. The first kappa shape index (κ1) is 11.7. The molecule has 0 saturated heterocycles. The third-order valence-corrected chi connectivity index (χ3v) is 4.06. The van der Waals surface area contributed by atoms with Crippen molar-refractivity contribution < 1.29 is 9.90 Å². The number of thiophene rings is 1. The first-order chi connectivity index (χ1) is 6.37. The minimum absolute atomic E-state index is 0.499. The monoisotopic (exact) mass is 277 g/mol. The lowest BCUT2D eigenvalue weighted by molar-refractivity contribution is -0.148. The maximum Gasteiger partial charge on any atom is 0.311 e. The maximum absolute atomic E-state index is 11.0. The van der Waals surface area contributed by atoms with Crippen molar-refractivity contribution in [1.82, 2.24) is 0 Å². The highest BCUT2D eigenvalue weighted by Crippen LogP contribution is 2.36. The molecule has 0 aliphatic heterocycles. The van der Waals surface area contributed by atoms with Crippen LogP contribution in [0, 0.1) is 5.41 Å². The minimum atomic E-state index is -0.955. The van der Waals surface area contributed by atoms with Crippen LogP contribution in [0.4, 0.5) is 0 Å². The van der Waals surface area contributed by atoms with Crippen molar-refractivity contribution in [2.75, 3.05) is 0 Å². The van der Waals surface area contributed by atoms with Crippen LogP contribution in [0.25, 0.3) is 0 Å². The van der Waals surface area contributed by atoms with E-state index < -0.39 is 17.4 Å². The van der Waals surface area contributed by atoms with Crippen LogP contribution in [0.5, 0.6) is 0 Å². The minimum Gasteiger partial charge on any atom is -0.481 e. The third-order valence-electron chi connectivity index (χ3n) is 2.31. The molecule has 0 saturated carbocycles. The second-order valence-corrected chi connectivity index (χ2v) is 5.28. The van der Waals surface area contributed by atoms with Gasteiger partial charge in [0.2, 0.25) is 0 Å². The highest BCUT2D eigenvalue weighted by Gasteiger charge is 2.36. The zero-order valence-electron chi connectivity index (χ0n) is 7.95. The zero-order valence-corrected chi connectivity index (χ0v) is 10.4. The average Bonchev–Trinajstić information content (AvgIpc) is 2.49. The largest absolute Gasteiger partial charge is 0.481 e. The van der Waals surface area contributed by atoms with Crippen molar-refractivity contribution in [1.29, 1.82) is 0 Å². The Morgan fingerprint density at radius 2 is 2.21 bits per heavy atom. The molecule has 0 spiro atoms. The lowest BCUT2D eigenvalue weighted by atomic mass is 9.82. The molecule has 14 heavy (non-hydrogen) atoms. The van der Waals surface area contributed by atoms with Gasteiger partial charge in [0.1, 0.15) is 0 Å². The number of carbonyl (C=O) groups is 1. The molecule has 1 rings (SSSR count). The van der Waals surface area contributed by atoms with E-state index in [0.717, 1.165) is 10.0 Å². The summed E-state index contributed by atoms with van der Waals surface area (Å²) in [5.74, 6) is -0.886. The van der Waals surface area contributed by atoms with Crippen LogP contribution in [0.2, 0.25) is 0 Å². The van der Waals surface area contributed by atoms with Crippen LogP contribution in [-0.4, -0.2) is 11.1 Å². The Hall–Kier alpha value is -0.390. The number of carboxylic acid groups (broad SMARTS) is 1. The van der Waals surface area contributed by atoms with Crippen LogP contribution in [-0.2, 0) is 4.79 Å². The van der Waals surface area contributed by atoms with E-state index in [1.54, 1.807) is 13.8 Å². The average molecular weight is 278 g/mol. The predicted octanol–water partition coefficient (Wildman–Crippen LogP) is 2.62. The molecular formula is C9H12BrNO2S. The molecule has 3 N–H and O–H groups in total. The molecule has 0 unspecified atom stereocenters. The molecule has 0 aromatic carbocycles. The second-order valence-electron chi connectivity index (χ2n) is 3.68. The van der Waals surface area contributed by atoms with Gasteiger partial charge in [-0.2, -0.15) is 11.3 Å². The Morgan fingerprint density at radius 3 is 2.57 bits per heavy atom. The Morgan fingerprint density at radius 1 is 1.64 bits per heavy atom. The van der Waals surface area contributed by atoms with Crippen molar-refractivity contribution in [3.05, 3.63) is 20.8 Å².